The first-order valence-corrected chi connectivity index (χ1v) is 4.75. The average Bonchev–Trinajstić information content (AvgIpc) is 2.02. The van der Waals surface area contributed by atoms with Gasteiger partial charge in [-0.3, -0.25) is 14.9 Å². The minimum atomic E-state index is -0.626. The fourth-order valence-corrected chi connectivity index (χ4v) is 1.94. The Labute approximate surface area is 93.1 Å². The highest BCUT2D eigenvalue weighted by molar-refractivity contribution is 9.10. The lowest BCUT2D eigenvalue weighted by molar-refractivity contribution is -0.385. The average molecular weight is 278 g/mol. The van der Waals surface area contributed by atoms with Crippen LogP contribution in [0, 0.1) is 10.1 Å². The Bertz CT molecular complexity index is 419. The van der Waals surface area contributed by atoms with E-state index < -0.39 is 4.92 Å². The number of nitrogens with zero attached hydrogens (tertiary/aromatic N) is 1. The smallest absolute Gasteiger partial charge is 0.294 e. The van der Waals surface area contributed by atoms with Crippen LogP contribution in [0.5, 0.6) is 0 Å². The number of nitro groups is 1. The molecule has 0 unspecified atom stereocenters. The van der Waals surface area contributed by atoms with Crippen molar-refractivity contribution < 1.29 is 9.72 Å². The first kappa shape index (κ1) is 11.1. The highest BCUT2D eigenvalue weighted by atomic mass is 79.9. The summed E-state index contributed by atoms with van der Waals surface area (Å²) in [5.41, 5.74) is -0.124. The standard InChI is InChI=1S/C8H5BrClNO3/c1-4(12)5-2-3-6(9)8(7(5)10)11(13)14/h2-3H,1H3. The number of halogens is 2. The molecule has 0 aliphatic rings. The Morgan fingerprint density at radius 3 is 2.57 bits per heavy atom. The van der Waals surface area contributed by atoms with Crippen molar-refractivity contribution in [2.75, 3.05) is 0 Å². The molecule has 6 heteroatoms. The Hall–Kier alpha value is -0.940. The van der Waals surface area contributed by atoms with E-state index >= 15 is 0 Å². The van der Waals surface area contributed by atoms with Crippen molar-refractivity contribution in [2.45, 2.75) is 6.92 Å². The zero-order chi connectivity index (χ0) is 10.9. The van der Waals surface area contributed by atoms with Crippen LogP contribution in [0.25, 0.3) is 0 Å². The zero-order valence-electron chi connectivity index (χ0n) is 7.08. The van der Waals surface area contributed by atoms with E-state index in [1.165, 1.54) is 19.1 Å². The molecule has 0 aliphatic carbocycles. The van der Waals surface area contributed by atoms with E-state index in [1.807, 2.05) is 0 Å². The Morgan fingerprint density at radius 1 is 1.57 bits per heavy atom. The summed E-state index contributed by atoms with van der Waals surface area (Å²) in [4.78, 5) is 21.0. The van der Waals surface area contributed by atoms with E-state index in [9.17, 15) is 14.9 Å². The molecular weight excluding hydrogens is 273 g/mol. The summed E-state index contributed by atoms with van der Waals surface area (Å²) >= 11 is 8.71. The molecule has 0 heterocycles. The third kappa shape index (κ3) is 1.93. The van der Waals surface area contributed by atoms with E-state index in [0.29, 0.717) is 0 Å². The minimum Gasteiger partial charge on any atom is -0.294 e. The molecular formula is C8H5BrClNO3. The van der Waals surface area contributed by atoms with Crippen molar-refractivity contribution in [3.63, 3.8) is 0 Å². The number of carbonyl (C=O) groups excluding carboxylic acids is 1. The van der Waals surface area contributed by atoms with Gasteiger partial charge in [0.1, 0.15) is 5.02 Å². The molecule has 0 saturated heterocycles. The first-order chi connectivity index (χ1) is 6.45. The topological polar surface area (TPSA) is 60.2 Å². The van der Waals surface area contributed by atoms with Gasteiger partial charge in [-0.25, -0.2) is 0 Å². The van der Waals surface area contributed by atoms with E-state index in [0.717, 1.165) is 0 Å². The molecule has 0 radical (unpaired) electrons. The maximum absolute atomic E-state index is 11.0. The molecule has 1 rings (SSSR count). The minimum absolute atomic E-state index is 0.128. The van der Waals surface area contributed by atoms with Gasteiger partial charge in [0.15, 0.2) is 5.78 Å². The molecule has 0 atom stereocenters. The molecule has 1 aromatic rings. The number of benzene rings is 1. The molecule has 0 N–H and O–H groups in total. The summed E-state index contributed by atoms with van der Waals surface area (Å²) in [6, 6.07) is 2.88. The van der Waals surface area contributed by atoms with Crippen molar-refractivity contribution in [1.82, 2.24) is 0 Å². The van der Waals surface area contributed by atoms with Crippen molar-refractivity contribution in [2.24, 2.45) is 0 Å². The van der Waals surface area contributed by atoms with E-state index in [2.05, 4.69) is 15.9 Å². The molecule has 0 aliphatic heterocycles. The van der Waals surface area contributed by atoms with Gasteiger partial charge in [-0.2, -0.15) is 0 Å². The molecule has 0 saturated carbocycles. The molecule has 4 nitrogen and oxygen atoms in total. The fraction of sp³-hybridized carbons (Fsp3) is 0.125. The Balaban J connectivity index is 3.49. The van der Waals surface area contributed by atoms with Crippen LogP contribution in [-0.2, 0) is 0 Å². The number of Topliss-reactive ketones (excluding diaryl/α,β-unsaturated/α-hetero) is 1. The molecule has 1 aromatic carbocycles. The molecule has 0 amide bonds. The molecule has 14 heavy (non-hydrogen) atoms. The maximum Gasteiger partial charge on any atom is 0.302 e. The van der Waals surface area contributed by atoms with Crippen LogP contribution >= 0.6 is 27.5 Å². The van der Waals surface area contributed by atoms with Gasteiger partial charge in [-0.1, -0.05) is 11.6 Å². The van der Waals surface area contributed by atoms with Gasteiger partial charge in [0.05, 0.1) is 9.40 Å². The number of ketones is 1. The lowest BCUT2D eigenvalue weighted by Gasteiger charge is -2.02. The van der Waals surface area contributed by atoms with Gasteiger partial charge in [-0.15, -0.1) is 0 Å². The van der Waals surface area contributed by atoms with Gasteiger partial charge in [0, 0.05) is 5.56 Å². The van der Waals surface area contributed by atoms with Crippen molar-refractivity contribution in [3.8, 4) is 0 Å². The summed E-state index contributed by atoms with van der Waals surface area (Å²) in [5, 5.41) is 10.5. The van der Waals surface area contributed by atoms with Gasteiger partial charge in [0.2, 0.25) is 0 Å². The van der Waals surface area contributed by atoms with Crippen molar-refractivity contribution in [3.05, 3.63) is 37.3 Å². The van der Waals surface area contributed by atoms with E-state index in [4.69, 9.17) is 11.6 Å². The zero-order valence-corrected chi connectivity index (χ0v) is 9.42. The fourth-order valence-electron chi connectivity index (χ4n) is 0.980. The van der Waals surface area contributed by atoms with Gasteiger partial charge in [0.25, 0.3) is 0 Å². The first-order valence-electron chi connectivity index (χ1n) is 3.58. The molecule has 0 bridgehead atoms. The van der Waals surface area contributed by atoms with Gasteiger partial charge in [-0.05, 0) is 35.0 Å². The number of hydrogen-bond acceptors (Lipinski definition) is 3. The maximum atomic E-state index is 11.0. The monoisotopic (exact) mass is 277 g/mol. The number of nitro benzene ring substituents is 1. The van der Waals surface area contributed by atoms with Gasteiger partial charge >= 0.3 is 5.69 Å². The predicted molar refractivity (Wildman–Crippen MR) is 55.8 cm³/mol. The normalized spacial score (nSPS) is 9.93. The van der Waals surface area contributed by atoms with E-state index in [-0.39, 0.29) is 26.5 Å². The van der Waals surface area contributed by atoms with Crippen LogP contribution in [0.15, 0.2) is 16.6 Å². The van der Waals surface area contributed by atoms with Crippen LogP contribution in [0.2, 0.25) is 5.02 Å². The van der Waals surface area contributed by atoms with Crippen molar-refractivity contribution in [1.29, 1.82) is 0 Å². The van der Waals surface area contributed by atoms with E-state index in [1.54, 1.807) is 0 Å². The molecule has 0 spiro atoms. The van der Waals surface area contributed by atoms with Gasteiger partial charge < -0.3 is 0 Å². The highest BCUT2D eigenvalue weighted by Crippen LogP contribution is 2.35. The van der Waals surface area contributed by atoms with Crippen LogP contribution < -0.4 is 0 Å². The summed E-state index contributed by atoms with van der Waals surface area (Å²) in [6.07, 6.45) is 0. The SMILES string of the molecule is CC(=O)c1ccc(Br)c([N+](=O)[O-])c1Cl. The molecule has 0 fully saturated rings. The number of rotatable bonds is 2. The third-order valence-corrected chi connectivity index (χ3v) is 2.65. The lowest BCUT2D eigenvalue weighted by Crippen LogP contribution is -1.98. The second kappa shape index (κ2) is 4.06. The Kier molecular flexibility index (Phi) is 3.23. The lowest BCUT2D eigenvalue weighted by atomic mass is 10.1. The molecule has 74 valence electrons. The van der Waals surface area contributed by atoms with Crippen LogP contribution in [0.1, 0.15) is 17.3 Å². The second-order valence-corrected chi connectivity index (χ2v) is 3.80. The summed E-state index contributed by atoms with van der Waals surface area (Å²) in [6.45, 7) is 1.30. The Morgan fingerprint density at radius 2 is 2.14 bits per heavy atom. The van der Waals surface area contributed by atoms with Crippen LogP contribution in [0.3, 0.4) is 0 Å². The molecule has 0 aromatic heterocycles. The highest BCUT2D eigenvalue weighted by Gasteiger charge is 2.21. The number of carbonyl (C=O) groups is 1. The second-order valence-electron chi connectivity index (χ2n) is 2.57. The van der Waals surface area contributed by atoms with Crippen LogP contribution in [-0.4, -0.2) is 10.7 Å². The largest absolute Gasteiger partial charge is 0.302 e. The van der Waals surface area contributed by atoms with Crippen molar-refractivity contribution >= 4 is 39.0 Å². The third-order valence-electron chi connectivity index (χ3n) is 1.63. The summed E-state index contributed by atoms with van der Waals surface area (Å²) in [5.74, 6) is -0.300. The summed E-state index contributed by atoms with van der Waals surface area (Å²) < 4.78 is 0.262. The predicted octanol–water partition coefficient (Wildman–Crippen LogP) is 3.21. The number of hydrogen-bond donors (Lipinski definition) is 0. The summed E-state index contributed by atoms with van der Waals surface area (Å²) in [7, 11) is 0. The van der Waals surface area contributed by atoms with Crippen LogP contribution in [0.4, 0.5) is 5.69 Å². The quantitative estimate of drug-likeness (QED) is 0.474.